The predicted octanol–water partition coefficient (Wildman–Crippen LogP) is 3.86. The fourth-order valence-electron chi connectivity index (χ4n) is 5.26. The van der Waals surface area contributed by atoms with Gasteiger partial charge in [-0.15, -0.1) is 0 Å². The van der Waals surface area contributed by atoms with Gasteiger partial charge in [0.2, 0.25) is 11.9 Å². The van der Waals surface area contributed by atoms with Gasteiger partial charge in [0.15, 0.2) is 0 Å². The van der Waals surface area contributed by atoms with E-state index in [2.05, 4.69) is 44.0 Å². The number of aryl methyl sites for hydroxylation is 2. The number of likely N-dealkylation sites (tertiary alicyclic amines) is 1. The van der Waals surface area contributed by atoms with Crippen LogP contribution in [-0.4, -0.2) is 46.5 Å². The van der Waals surface area contributed by atoms with Gasteiger partial charge in [-0.3, -0.25) is 4.79 Å². The van der Waals surface area contributed by atoms with Crippen LogP contribution in [0.1, 0.15) is 55.0 Å². The lowest BCUT2D eigenvalue weighted by molar-refractivity contribution is -0.141. The van der Waals surface area contributed by atoms with E-state index in [-0.39, 0.29) is 11.3 Å². The molecule has 3 heterocycles. The quantitative estimate of drug-likeness (QED) is 0.799. The van der Waals surface area contributed by atoms with Crippen molar-refractivity contribution >= 4 is 11.9 Å². The largest absolute Gasteiger partial charge is 0.341 e. The zero-order valence-corrected chi connectivity index (χ0v) is 17.5. The highest BCUT2D eigenvalue weighted by Gasteiger charge is 2.49. The first kappa shape index (κ1) is 18.6. The van der Waals surface area contributed by atoms with Crippen LogP contribution in [0.15, 0.2) is 36.4 Å². The Balaban J connectivity index is 1.38. The normalized spacial score (nSPS) is 24.2. The standard InChI is InChI=1S/C24H30N4O/c1-17-14-18(2)26-23(25-17)27-12-10-24(11-13-27)15-21(19-6-4-3-5-7-19)22(29)28(16-24)20-8-9-20/h3-7,14,20-21H,8-13,15-16H2,1-2H3. The highest BCUT2D eigenvalue weighted by Crippen LogP contribution is 2.48. The van der Waals surface area contributed by atoms with E-state index in [1.54, 1.807) is 0 Å². The van der Waals surface area contributed by atoms with Gasteiger partial charge in [0.25, 0.3) is 0 Å². The number of benzene rings is 1. The Morgan fingerprint density at radius 3 is 2.28 bits per heavy atom. The molecule has 1 spiro atoms. The maximum atomic E-state index is 13.3. The minimum absolute atomic E-state index is 0.00886. The molecule has 0 N–H and O–H groups in total. The van der Waals surface area contributed by atoms with Crippen LogP contribution >= 0.6 is 0 Å². The number of carbonyl (C=O) groups excluding carboxylic acids is 1. The van der Waals surface area contributed by atoms with Crippen molar-refractivity contribution in [1.82, 2.24) is 14.9 Å². The lowest BCUT2D eigenvalue weighted by Gasteiger charge is -2.50. The Hall–Kier alpha value is -2.43. The van der Waals surface area contributed by atoms with E-state index in [1.165, 1.54) is 18.4 Å². The molecule has 29 heavy (non-hydrogen) atoms. The molecule has 1 atom stereocenters. The molecule has 3 fully saturated rings. The van der Waals surface area contributed by atoms with Gasteiger partial charge in [-0.25, -0.2) is 9.97 Å². The molecule has 152 valence electrons. The Morgan fingerprint density at radius 2 is 1.66 bits per heavy atom. The second-order valence-electron chi connectivity index (χ2n) is 9.30. The van der Waals surface area contributed by atoms with Crippen LogP contribution in [0.2, 0.25) is 0 Å². The number of carbonyl (C=O) groups is 1. The highest BCUT2D eigenvalue weighted by atomic mass is 16.2. The van der Waals surface area contributed by atoms with E-state index in [0.29, 0.717) is 11.9 Å². The summed E-state index contributed by atoms with van der Waals surface area (Å²) in [6, 6.07) is 12.9. The molecule has 2 saturated heterocycles. The van der Waals surface area contributed by atoms with Gasteiger partial charge in [-0.1, -0.05) is 30.3 Å². The zero-order chi connectivity index (χ0) is 20.0. The third-order valence-electron chi connectivity index (χ3n) is 6.99. The second-order valence-corrected chi connectivity index (χ2v) is 9.30. The van der Waals surface area contributed by atoms with Gasteiger partial charge in [0.05, 0.1) is 5.92 Å². The number of anilines is 1. The number of aromatic nitrogens is 2. The fourth-order valence-corrected chi connectivity index (χ4v) is 5.26. The molecule has 1 aliphatic carbocycles. The first-order valence-electron chi connectivity index (χ1n) is 11.0. The van der Waals surface area contributed by atoms with Crippen molar-refractivity contribution in [2.24, 2.45) is 5.41 Å². The minimum atomic E-state index is 0.00886. The third kappa shape index (κ3) is 3.63. The van der Waals surface area contributed by atoms with Crippen molar-refractivity contribution in [3.05, 3.63) is 53.3 Å². The van der Waals surface area contributed by atoms with Crippen LogP contribution in [0, 0.1) is 19.3 Å². The van der Waals surface area contributed by atoms with Crippen molar-refractivity contribution in [1.29, 1.82) is 0 Å². The molecule has 1 saturated carbocycles. The van der Waals surface area contributed by atoms with Gasteiger partial charge in [0, 0.05) is 37.1 Å². The second kappa shape index (κ2) is 7.12. The van der Waals surface area contributed by atoms with E-state index >= 15 is 0 Å². The van der Waals surface area contributed by atoms with Crippen molar-refractivity contribution in [2.75, 3.05) is 24.5 Å². The average molecular weight is 391 g/mol. The van der Waals surface area contributed by atoms with E-state index in [4.69, 9.17) is 0 Å². The monoisotopic (exact) mass is 390 g/mol. The van der Waals surface area contributed by atoms with Gasteiger partial charge >= 0.3 is 0 Å². The summed E-state index contributed by atoms with van der Waals surface area (Å²) in [5, 5.41) is 0. The third-order valence-corrected chi connectivity index (χ3v) is 6.99. The maximum Gasteiger partial charge on any atom is 0.230 e. The summed E-state index contributed by atoms with van der Waals surface area (Å²) in [6.45, 7) is 6.94. The molecule has 5 rings (SSSR count). The summed E-state index contributed by atoms with van der Waals surface area (Å²) in [5.41, 5.74) is 3.45. The molecule has 2 aromatic rings. The minimum Gasteiger partial charge on any atom is -0.341 e. The summed E-state index contributed by atoms with van der Waals surface area (Å²) in [4.78, 5) is 27.2. The van der Waals surface area contributed by atoms with E-state index in [9.17, 15) is 4.79 Å². The molecular formula is C24H30N4O. The van der Waals surface area contributed by atoms with Gasteiger partial charge in [-0.2, -0.15) is 0 Å². The van der Waals surface area contributed by atoms with E-state index in [0.717, 1.165) is 56.2 Å². The molecule has 3 aliphatic rings. The van der Waals surface area contributed by atoms with Crippen molar-refractivity contribution in [2.45, 2.75) is 57.9 Å². The summed E-state index contributed by atoms with van der Waals surface area (Å²) in [7, 11) is 0. The summed E-state index contributed by atoms with van der Waals surface area (Å²) in [5.74, 6) is 1.22. The number of amides is 1. The Morgan fingerprint density at radius 1 is 1.00 bits per heavy atom. The fraction of sp³-hybridized carbons (Fsp3) is 0.542. The first-order valence-corrected chi connectivity index (χ1v) is 11.0. The van der Waals surface area contributed by atoms with E-state index in [1.807, 2.05) is 26.0 Å². The Labute approximate surface area is 173 Å². The number of nitrogens with zero attached hydrogens (tertiary/aromatic N) is 4. The topological polar surface area (TPSA) is 49.3 Å². The van der Waals surface area contributed by atoms with Crippen molar-refractivity contribution < 1.29 is 4.79 Å². The molecule has 1 aromatic carbocycles. The number of hydrogen-bond acceptors (Lipinski definition) is 4. The van der Waals surface area contributed by atoms with E-state index < -0.39 is 0 Å². The smallest absolute Gasteiger partial charge is 0.230 e. The SMILES string of the molecule is Cc1cc(C)nc(N2CCC3(CC2)CC(c2ccccc2)C(=O)N(C2CC2)C3)n1. The molecule has 1 amide bonds. The molecule has 2 aliphatic heterocycles. The van der Waals surface area contributed by atoms with Crippen LogP contribution in [0.5, 0.6) is 0 Å². The van der Waals surface area contributed by atoms with Crippen molar-refractivity contribution in [3.63, 3.8) is 0 Å². The molecule has 1 aromatic heterocycles. The summed E-state index contributed by atoms with van der Waals surface area (Å²) >= 11 is 0. The lowest BCUT2D eigenvalue weighted by Crippen LogP contribution is -2.54. The predicted molar refractivity (Wildman–Crippen MR) is 114 cm³/mol. The first-order chi connectivity index (χ1) is 14.0. The van der Waals surface area contributed by atoms with Gasteiger partial charge in [0.1, 0.15) is 0 Å². The average Bonchev–Trinajstić information content (AvgIpc) is 3.55. The molecule has 5 nitrogen and oxygen atoms in total. The molecule has 0 bridgehead atoms. The molecular weight excluding hydrogens is 360 g/mol. The number of piperidine rings is 2. The van der Waals surface area contributed by atoms with Gasteiger partial charge in [-0.05, 0) is 63.0 Å². The van der Waals surface area contributed by atoms with Crippen LogP contribution in [-0.2, 0) is 4.79 Å². The zero-order valence-electron chi connectivity index (χ0n) is 17.5. The Bertz CT molecular complexity index is 880. The highest BCUT2D eigenvalue weighted by molar-refractivity contribution is 5.85. The molecule has 0 radical (unpaired) electrons. The number of hydrogen-bond donors (Lipinski definition) is 0. The summed E-state index contributed by atoms with van der Waals surface area (Å²) in [6.07, 6.45) is 5.52. The molecule has 1 unspecified atom stereocenters. The lowest BCUT2D eigenvalue weighted by atomic mass is 9.67. The molecule has 5 heteroatoms. The van der Waals surface area contributed by atoms with Gasteiger partial charge < -0.3 is 9.80 Å². The Kier molecular flexibility index (Phi) is 4.56. The number of rotatable bonds is 3. The van der Waals surface area contributed by atoms with Crippen LogP contribution in [0.25, 0.3) is 0 Å². The van der Waals surface area contributed by atoms with Crippen molar-refractivity contribution in [3.8, 4) is 0 Å². The van der Waals surface area contributed by atoms with Crippen LogP contribution < -0.4 is 4.90 Å². The maximum absolute atomic E-state index is 13.3. The van der Waals surface area contributed by atoms with Crippen LogP contribution in [0.4, 0.5) is 5.95 Å². The summed E-state index contributed by atoms with van der Waals surface area (Å²) < 4.78 is 0. The van der Waals surface area contributed by atoms with Crippen LogP contribution in [0.3, 0.4) is 0 Å².